The summed E-state index contributed by atoms with van der Waals surface area (Å²) in [6.07, 6.45) is 0. The molecule has 2 fully saturated rings. The Balaban J connectivity index is 1.24. The Hall–Kier alpha value is -4.26. The number of nitrogens with zero attached hydrogens (tertiary/aromatic N) is 2. The van der Waals surface area contributed by atoms with E-state index in [1.54, 1.807) is 0 Å². The second kappa shape index (κ2) is 8.87. The molecule has 0 spiro atoms. The van der Waals surface area contributed by atoms with Gasteiger partial charge in [-0.25, -0.2) is 0 Å². The second-order valence-corrected chi connectivity index (χ2v) is 11.4. The standard InChI is InChI=1S/C35H30N2O4/c1-21-14-32-33(28-17-22-2-4-26(36-6-10-38-11-7-36)15-24(22)19-30(28)40-32)34-29-18-23-3-5-27(37-8-12-39-13-9-37)16-25(23)20-31(29)41-35(21)34/h2-5,14-20H,6-13H2,1H3. The van der Waals surface area contributed by atoms with Gasteiger partial charge >= 0.3 is 0 Å². The van der Waals surface area contributed by atoms with E-state index >= 15 is 0 Å². The fourth-order valence-corrected chi connectivity index (χ4v) is 6.86. The summed E-state index contributed by atoms with van der Waals surface area (Å²) in [4.78, 5) is 4.79. The largest absolute Gasteiger partial charge is 0.456 e. The molecule has 0 atom stereocenters. The number of furan rings is 2. The molecule has 6 heteroatoms. The van der Waals surface area contributed by atoms with E-state index in [4.69, 9.17) is 18.3 Å². The monoisotopic (exact) mass is 542 g/mol. The van der Waals surface area contributed by atoms with E-state index in [1.807, 2.05) is 0 Å². The van der Waals surface area contributed by atoms with Crippen molar-refractivity contribution in [3.05, 3.63) is 72.3 Å². The van der Waals surface area contributed by atoms with Gasteiger partial charge in [-0.05, 0) is 88.6 Å². The summed E-state index contributed by atoms with van der Waals surface area (Å²) in [6.45, 7) is 8.91. The predicted octanol–water partition coefficient (Wildman–Crippen LogP) is 7.77. The molecule has 2 saturated heterocycles. The van der Waals surface area contributed by atoms with Crippen molar-refractivity contribution < 1.29 is 18.3 Å². The molecular formula is C35H30N2O4. The first-order valence-corrected chi connectivity index (χ1v) is 14.5. The molecule has 2 aliphatic rings. The molecule has 41 heavy (non-hydrogen) atoms. The third-order valence-corrected chi connectivity index (χ3v) is 9.00. The first-order valence-electron chi connectivity index (χ1n) is 14.5. The van der Waals surface area contributed by atoms with Crippen molar-refractivity contribution in [2.45, 2.75) is 6.92 Å². The summed E-state index contributed by atoms with van der Waals surface area (Å²) in [5, 5.41) is 9.31. The number of hydrogen-bond acceptors (Lipinski definition) is 6. The van der Waals surface area contributed by atoms with Gasteiger partial charge in [0.05, 0.1) is 26.4 Å². The Morgan fingerprint density at radius 3 is 1.63 bits per heavy atom. The van der Waals surface area contributed by atoms with Crippen LogP contribution in [0.2, 0.25) is 0 Å². The van der Waals surface area contributed by atoms with Crippen LogP contribution in [0, 0.1) is 6.92 Å². The lowest BCUT2D eigenvalue weighted by Gasteiger charge is -2.29. The van der Waals surface area contributed by atoms with Crippen LogP contribution >= 0.6 is 0 Å². The molecule has 0 saturated carbocycles. The Labute approximate surface area is 236 Å². The number of rotatable bonds is 2. The van der Waals surface area contributed by atoms with Gasteiger partial charge in [-0.1, -0.05) is 12.1 Å². The molecule has 0 radical (unpaired) electrons. The van der Waals surface area contributed by atoms with Crippen molar-refractivity contribution in [3.63, 3.8) is 0 Å². The van der Waals surface area contributed by atoms with Crippen LogP contribution in [0.5, 0.6) is 0 Å². The van der Waals surface area contributed by atoms with Gasteiger partial charge in [0.1, 0.15) is 22.3 Å². The van der Waals surface area contributed by atoms with Gasteiger partial charge in [-0.2, -0.15) is 0 Å². The highest BCUT2D eigenvalue weighted by molar-refractivity contribution is 6.28. The number of fused-ring (bicyclic) bond motifs is 9. The van der Waals surface area contributed by atoms with Crippen LogP contribution in [0.3, 0.4) is 0 Å². The molecule has 7 aromatic rings. The second-order valence-electron chi connectivity index (χ2n) is 11.4. The lowest BCUT2D eigenvalue weighted by Crippen LogP contribution is -2.36. The minimum atomic E-state index is 0.777. The normalized spacial score (nSPS) is 16.8. The average molecular weight is 543 g/mol. The molecule has 204 valence electrons. The third kappa shape index (κ3) is 3.64. The zero-order valence-corrected chi connectivity index (χ0v) is 23.0. The lowest BCUT2D eigenvalue weighted by atomic mass is 9.99. The molecule has 0 aliphatic carbocycles. The van der Waals surface area contributed by atoms with Crippen LogP contribution in [-0.4, -0.2) is 52.6 Å². The summed E-state index contributed by atoms with van der Waals surface area (Å²) in [5.74, 6) is 0. The van der Waals surface area contributed by atoms with Gasteiger partial charge < -0.3 is 28.1 Å². The highest BCUT2D eigenvalue weighted by Gasteiger charge is 2.20. The van der Waals surface area contributed by atoms with Crippen molar-refractivity contribution in [1.29, 1.82) is 0 Å². The van der Waals surface area contributed by atoms with Crippen molar-refractivity contribution in [1.82, 2.24) is 0 Å². The number of hydrogen-bond donors (Lipinski definition) is 0. The smallest absolute Gasteiger partial charge is 0.139 e. The molecule has 5 aromatic carbocycles. The van der Waals surface area contributed by atoms with E-state index in [0.29, 0.717) is 0 Å². The molecule has 2 aliphatic heterocycles. The maximum absolute atomic E-state index is 6.58. The fourth-order valence-electron chi connectivity index (χ4n) is 6.86. The minimum absolute atomic E-state index is 0.777. The lowest BCUT2D eigenvalue weighted by molar-refractivity contribution is 0.122. The summed E-state index contributed by atoms with van der Waals surface area (Å²) in [7, 11) is 0. The van der Waals surface area contributed by atoms with E-state index in [1.165, 1.54) is 32.9 Å². The summed E-state index contributed by atoms with van der Waals surface area (Å²) >= 11 is 0. The zero-order valence-electron chi connectivity index (χ0n) is 23.0. The number of ether oxygens (including phenoxy) is 2. The van der Waals surface area contributed by atoms with E-state index < -0.39 is 0 Å². The van der Waals surface area contributed by atoms with E-state index in [0.717, 1.165) is 102 Å². The van der Waals surface area contributed by atoms with Crippen LogP contribution in [-0.2, 0) is 9.47 Å². The number of aryl methyl sites for hydroxylation is 1. The van der Waals surface area contributed by atoms with Gasteiger partial charge in [-0.3, -0.25) is 0 Å². The number of benzene rings is 5. The maximum atomic E-state index is 6.58. The van der Waals surface area contributed by atoms with E-state index in [9.17, 15) is 0 Å². The number of anilines is 2. The van der Waals surface area contributed by atoms with Crippen LogP contribution in [0.4, 0.5) is 11.4 Å². The number of morpholine rings is 2. The van der Waals surface area contributed by atoms with Gasteiger partial charge in [0, 0.05) is 59.1 Å². The maximum Gasteiger partial charge on any atom is 0.139 e. The minimum Gasteiger partial charge on any atom is -0.456 e. The van der Waals surface area contributed by atoms with Crippen molar-refractivity contribution >= 4 is 76.8 Å². The quantitative estimate of drug-likeness (QED) is 0.222. The molecule has 6 nitrogen and oxygen atoms in total. The fraction of sp³-hybridized carbons (Fsp3) is 0.257. The van der Waals surface area contributed by atoms with Crippen molar-refractivity contribution in [2.75, 3.05) is 62.4 Å². The van der Waals surface area contributed by atoms with Gasteiger partial charge in [0.15, 0.2) is 0 Å². The highest BCUT2D eigenvalue weighted by atomic mass is 16.5. The van der Waals surface area contributed by atoms with Crippen molar-refractivity contribution in [3.8, 4) is 0 Å². The molecule has 0 N–H and O–H groups in total. The van der Waals surface area contributed by atoms with Crippen LogP contribution in [0.15, 0.2) is 75.6 Å². The Morgan fingerprint density at radius 2 is 1.05 bits per heavy atom. The summed E-state index contributed by atoms with van der Waals surface area (Å²) < 4.78 is 24.2. The summed E-state index contributed by atoms with van der Waals surface area (Å²) in [6, 6.07) is 24.6. The Bertz CT molecular complexity index is 2150. The Morgan fingerprint density at radius 1 is 0.512 bits per heavy atom. The highest BCUT2D eigenvalue weighted by Crippen LogP contribution is 2.44. The molecule has 9 rings (SSSR count). The van der Waals surface area contributed by atoms with E-state index in [-0.39, 0.29) is 0 Å². The predicted molar refractivity (Wildman–Crippen MR) is 167 cm³/mol. The first-order chi connectivity index (χ1) is 20.2. The molecule has 2 aromatic heterocycles. The van der Waals surface area contributed by atoms with Gasteiger partial charge in [0.2, 0.25) is 0 Å². The summed E-state index contributed by atoms with van der Waals surface area (Å²) in [5.41, 5.74) is 7.20. The van der Waals surface area contributed by atoms with Crippen LogP contribution < -0.4 is 9.80 Å². The van der Waals surface area contributed by atoms with Crippen LogP contribution in [0.1, 0.15) is 5.56 Å². The van der Waals surface area contributed by atoms with Gasteiger partial charge in [-0.15, -0.1) is 0 Å². The van der Waals surface area contributed by atoms with Gasteiger partial charge in [0.25, 0.3) is 0 Å². The van der Waals surface area contributed by atoms with E-state index in [2.05, 4.69) is 83.5 Å². The van der Waals surface area contributed by atoms with Crippen LogP contribution in [0.25, 0.3) is 65.4 Å². The first kappa shape index (κ1) is 23.4. The third-order valence-electron chi connectivity index (χ3n) is 9.00. The topological polar surface area (TPSA) is 51.2 Å². The molecule has 4 heterocycles. The SMILES string of the molecule is Cc1cc2oc3cc4cc(N5CCOCC5)ccc4cc3c2c2c1oc1cc3cc(N4CCOCC4)ccc3cc12. The average Bonchev–Trinajstić information content (AvgIpc) is 3.56. The molecule has 0 bridgehead atoms. The molecule has 0 amide bonds. The Kier molecular flexibility index (Phi) is 5.07. The zero-order chi connectivity index (χ0) is 27.1. The molecule has 0 unspecified atom stereocenters. The molecular weight excluding hydrogens is 512 g/mol. The van der Waals surface area contributed by atoms with Crippen molar-refractivity contribution in [2.24, 2.45) is 0 Å².